The quantitative estimate of drug-likeness (QED) is 0.441. The second kappa shape index (κ2) is 8.31. The van der Waals surface area contributed by atoms with Gasteiger partial charge in [0.2, 0.25) is 0 Å². The molecule has 1 unspecified atom stereocenters. The molecule has 1 atom stereocenters. The normalized spacial score (nSPS) is 19.2. The van der Waals surface area contributed by atoms with Crippen molar-refractivity contribution in [2.75, 3.05) is 18.9 Å². The van der Waals surface area contributed by atoms with Gasteiger partial charge < -0.3 is 10.1 Å². The van der Waals surface area contributed by atoms with E-state index >= 15 is 0 Å². The number of nitrogens with one attached hydrogen (secondary N) is 1. The molecule has 1 heterocycles. The maximum absolute atomic E-state index is 12.6. The largest absolute Gasteiger partial charge is 0.481 e. The number of rotatable bonds is 5. The average molecular weight is 399 g/mol. The van der Waals surface area contributed by atoms with Crippen LogP contribution in [0.5, 0.6) is 5.75 Å². The summed E-state index contributed by atoms with van der Waals surface area (Å²) in [4.78, 5) is 12.4. The number of sulfonamides is 1. The SMILES string of the molecule is CC#CCOc1ccc(S(=O)(=O)N(O)C(=O)C2NCCSC2(C)C)cc1. The topological polar surface area (TPSA) is 95.9 Å². The Labute approximate surface area is 158 Å². The van der Waals surface area contributed by atoms with Crippen LogP contribution >= 0.6 is 11.8 Å². The van der Waals surface area contributed by atoms with Crippen molar-refractivity contribution in [3.8, 4) is 17.6 Å². The van der Waals surface area contributed by atoms with Crippen LogP contribution in [0.4, 0.5) is 0 Å². The maximum atomic E-state index is 12.6. The highest BCUT2D eigenvalue weighted by molar-refractivity contribution is 8.00. The van der Waals surface area contributed by atoms with Gasteiger partial charge >= 0.3 is 0 Å². The van der Waals surface area contributed by atoms with Crippen LogP contribution in [0, 0.1) is 11.8 Å². The van der Waals surface area contributed by atoms with Crippen LogP contribution in [0.15, 0.2) is 29.2 Å². The Morgan fingerprint density at radius 1 is 1.42 bits per heavy atom. The Balaban J connectivity index is 2.17. The molecule has 0 aromatic heterocycles. The van der Waals surface area contributed by atoms with Gasteiger partial charge in [-0.15, -0.1) is 10.4 Å². The van der Waals surface area contributed by atoms with Crippen LogP contribution in [-0.2, 0) is 14.8 Å². The number of amides is 1. The lowest BCUT2D eigenvalue weighted by Gasteiger charge is -2.38. The summed E-state index contributed by atoms with van der Waals surface area (Å²) in [7, 11) is -4.37. The zero-order valence-corrected chi connectivity index (χ0v) is 16.5. The van der Waals surface area contributed by atoms with E-state index < -0.39 is 26.7 Å². The van der Waals surface area contributed by atoms with Gasteiger partial charge in [0.05, 0.1) is 4.90 Å². The van der Waals surface area contributed by atoms with Crippen LogP contribution < -0.4 is 10.1 Å². The van der Waals surface area contributed by atoms with Crippen LogP contribution in [0.2, 0.25) is 0 Å². The van der Waals surface area contributed by atoms with E-state index in [1.165, 1.54) is 24.3 Å². The fraction of sp³-hybridized carbons (Fsp3) is 0.471. The predicted octanol–water partition coefficient (Wildman–Crippen LogP) is 1.48. The standard InChI is InChI=1S/C17H22N2O5S2/c1-4-5-11-24-13-6-8-14(9-7-13)26(22,23)19(21)16(20)15-17(2,3)25-12-10-18-15/h6-9,15,18,21H,10-12H2,1-3H3. The highest BCUT2D eigenvalue weighted by Crippen LogP contribution is 2.32. The summed E-state index contributed by atoms with van der Waals surface area (Å²) in [5.74, 6) is 5.75. The Kier molecular flexibility index (Phi) is 6.58. The van der Waals surface area contributed by atoms with Crippen molar-refractivity contribution < 1.29 is 23.2 Å². The van der Waals surface area contributed by atoms with E-state index in [4.69, 9.17) is 4.74 Å². The molecule has 9 heteroatoms. The molecule has 1 fully saturated rings. The summed E-state index contributed by atoms with van der Waals surface area (Å²) < 4.78 is 29.7. The lowest BCUT2D eigenvalue weighted by atomic mass is 10.0. The van der Waals surface area contributed by atoms with Crippen molar-refractivity contribution in [1.29, 1.82) is 0 Å². The van der Waals surface area contributed by atoms with Crippen LogP contribution in [0.25, 0.3) is 0 Å². The number of nitrogens with zero attached hydrogens (tertiary/aromatic N) is 1. The van der Waals surface area contributed by atoms with Gasteiger partial charge in [-0.25, -0.2) is 0 Å². The molecule has 2 rings (SSSR count). The van der Waals surface area contributed by atoms with Crippen molar-refractivity contribution in [3.63, 3.8) is 0 Å². The summed E-state index contributed by atoms with van der Waals surface area (Å²) in [6, 6.07) is 4.63. The van der Waals surface area contributed by atoms with Gasteiger partial charge in [-0.1, -0.05) is 5.92 Å². The van der Waals surface area contributed by atoms with E-state index in [1.54, 1.807) is 18.7 Å². The molecule has 0 aliphatic carbocycles. The molecule has 0 spiro atoms. The summed E-state index contributed by atoms with van der Waals surface area (Å²) in [6.45, 7) is 6.10. The first kappa shape index (κ1) is 20.6. The van der Waals surface area contributed by atoms with E-state index in [1.807, 2.05) is 13.8 Å². The molecular weight excluding hydrogens is 376 g/mol. The molecule has 1 aliphatic heterocycles. The number of benzene rings is 1. The zero-order chi connectivity index (χ0) is 19.4. The van der Waals surface area contributed by atoms with E-state index in [0.717, 1.165) is 5.75 Å². The highest BCUT2D eigenvalue weighted by Gasteiger charge is 2.43. The van der Waals surface area contributed by atoms with Gasteiger partial charge in [0.25, 0.3) is 15.9 Å². The third-order valence-corrected chi connectivity index (χ3v) is 6.78. The second-order valence-corrected chi connectivity index (χ2v) is 9.63. The molecule has 1 aromatic rings. The third kappa shape index (κ3) is 4.51. The van der Waals surface area contributed by atoms with Crippen molar-refractivity contribution >= 4 is 27.7 Å². The molecule has 26 heavy (non-hydrogen) atoms. The number of hydrogen-bond donors (Lipinski definition) is 2. The Bertz CT molecular complexity index is 810. The number of thioether (sulfide) groups is 1. The summed E-state index contributed by atoms with van der Waals surface area (Å²) in [5.41, 5.74) is 0. The number of carbonyl (C=O) groups excluding carboxylic acids is 1. The number of ether oxygens (including phenoxy) is 1. The average Bonchev–Trinajstić information content (AvgIpc) is 2.61. The molecule has 0 saturated carbocycles. The molecule has 7 nitrogen and oxygen atoms in total. The zero-order valence-electron chi connectivity index (χ0n) is 14.9. The van der Waals surface area contributed by atoms with Gasteiger partial charge in [-0.05, 0) is 45.0 Å². The molecule has 0 radical (unpaired) electrons. The first-order valence-corrected chi connectivity index (χ1v) is 10.4. The highest BCUT2D eigenvalue weighted by atomic mass is 32.2. The number of hydroxylamine groups is 1. The molecule has 1 aromatic carbocycles. The van der Waals surface area contributed by atoms with Gasteiger partial charge in [0, 0.05) is 17.0 Å². The molecule has 1 aliphatic rings. The fourth-order valence-corrected chi connectivity index (χ4v) is 4.58. The summed E-state index contributed by atoms with van der Waals surface area (Å²) >= 11 is 1.55. The fourth-order valence-electron chi connectivity index (χ4n) is 2.46. The minimum atomic E-state index is -4.37. The van der Waals surface area contributed by atoms with E-state index in [9.17, 15) is 18.4 Å². The molecule has 142 valence electrons. The van der Waals surface area contributed by atoms with Crippen molar-refractivity contribution in [2.45, 2.75) is 36.5 Å². The smallest absolute Gasteiger partial charge is 0.289 e. The molecular formula is C17H22N2O5S2. The van der Waals surface area contributed by atoms with E-state index in [2.05, 4.69) is 17.2 Å². The van der Waals surface area contributed by atoms with Crippen molar-refractivity contribution in [3.05, 3.63) is 24.3 Å². The van der Waals surface area contributed by atoms with E-state index in [0.29, 0.717) is 12.3 Å². The van der Waals surface area contributed by atoms with Crippen LogP contribution in [-0.4, -0.2) is 53.7 Å². The molecule has 1 amide bonds. The lowest BCUT2D eigenvalue weighted by molar-refractivity contribution is -0.149. The monoisotopic (exact) mass is 398 g/mol. The molecule has 2 N–H and O–H groups in total. The summed E-state index contributed by atoms with van der Waals surface area (Å²) in [5, 5.41) is 13.1. The van der Waals surface area contributed by atoms with Crippen molar-refractivity contribution in [1.82, 2.24) is 9.79 Å². The van der Waals surface area contributed by atoms with Gasteiger partial charge in [0.1, 0.15) is 18.4 Å². The lowest BCUT2D eigenvalue weighted by Crippen LogP contribution is -2.59. The van der Waals surface area contributed by atoms with Gasteiger partial charge in [0.15, 0.2) is 0 Å². The van der Waals surface area contributed by atoms with E-state index in [-0.39, 0.29) is 16.0 Å². The first-order chi connectivity index (χ1) is 12.2. The van der Waals surface area contributed by atoms with Crippen molar-refractivity contribution in [2.24, 2.45) is 0 Å². The Morgan fingerprint density at radius 2 is 2.08 bits per heavy atom. The Morgan fingerprint density at radius 3 is 2.65 bits per heavy atom. The van der Waals surface area contributed by atoms with Crippen LogP contribution in [0.3, 0.4) is 0 Å². The number of hydrogen-bond acceptors (Lipinski definition) is 7. The summed E-state index contributed by atoms with van der Waals surface area (Å²) in [6.07, 6.45) is 0. The Hall–Kier alpha value is -1.73. The minimum Gasteiger partial charge on any atom is -0.481 e. The predicted molar refractivity (Wildman–Crippen MR) is 99.5 cm³/mol. The second-order valence-electron chi connectivity index (χ2n) is 6.11. The molecule has 1 saturated heterocycles. The van der Waals surface area contributed by atoms with Gasteiger partial charge in [-0.3, -0.25) is 10.0 Å². The van der Waals surface area contributed by atoms with Gasteiger partial charge in [-0.2, -0.15) is 20.2 Å². The third-order valence-electron chi connectivity index (χ3n) is 3.89. The molecule has 0 bridgehead atoms. The number of carbonyl (C=O) groups is 1. The first-order valence-electron chi connectivity index (χ1n) is 7.98. The van der Waals surface area contributed by atoms with Crippen LogP contribution in [0.1, 0.15) is 20.8 Å². The minimum absolute atomic E-state index is 0.170. The maximum Gasteiger partial charge on any atom is 0.289 e.